The number of piperidine rings is 1. The molecule has 0 aromatic carbocycles. The highest BCUT2D eigenvalue weighted by molar-refractivity contribution is 7.90. The summed E-state index contributed by atoms with van der Waals surface area (Å²) in [5.74, 6) is 0. The molecule has 0 amide bonds. The Morgan fingerprint density at radius 2 is 1.69 bits per heavy atom. The minimum absolute atomic E-state index is 0.0463. The van der Waals surface area contributed by atoms with Crippen molar-refractivity contribution in [3.8, 4) is 0 Å². The van der Waals surface area contributed by atoms with Crippen LogP contribution in [-0.2, 0) is 10.0 Å². The predicted octanol–water partition coefficient (Wildman–Crippen LogP) is 1.41. The molecule has 1 aliphatic rings. The highest BCUT2D eigenvalue weighted by Crippen LogP contribution is 2.28. The van der Waals surface area contributed by atoms with Crippen LogP contribution in [0.4, 0.5) is 0 Å². The van der Waals surface area contributed by atoms with E-state index in [-0.39, 0.29) is 22.3 Å². The zero-order valence-electron chi connectivity index (χ0n) is 10.3. The van der Waals surface area contributed by atoms with E-state index in [4.69, 9.17) is 11.6 Å². The van der Waals surface area contributed by atoms with E-state index in [1.165, 1.54) is 0 Å². The molecule has 0 atom stereocenters. The Labute approximate surface area is 103 Å². The maximum absolute atomic E-state index is 11.4. The average molecular weight is 269 g/mol. The third-order valence-electron chi connectivity index (χ3n) is 2.68. The lowest BCUT2D eigenvalue weighted by Gasteiger charge is -2.46. The second kappa shape index (κ2) is 4.44. The topological polar surface area (TPSA) is 58.2 Å². The fourth-order valence-corrected chi connectivity index (χ4v) is 3.62. The standard InChI is InChI=1S/C10H21ClN2O2S/c1-9(2)5-8(6-10(3,4)13-9)12-16(14,15)7-11/h8,12-13H,5-7H2,1-4H3. The molecular weight excluding hydrogens is 248 g/mol. The van der Waals surface area contributed by atoms with Crippen molar-refractivity contribution in [1.82, 2.24) is 10.0 Å². The van der Waals surface area contributed by atoms with Crippen LogP contribution in [-0.4, -0.2) is 30.7 Å². The molecule has 1 aliphatic heterocycles. The highest BCUT2D eigenvalue weighted by atomic mass is 35.5. The summed E-state index contributed by atoms with van der Waals surface area (Å²) in [6, 6.07) is -0.0463. The van der Waals surface area contributed by atoms with Gasteiger partial charge in [0.15, 0.2) is 0 Å². The van der Waals surface area contributed by atoms with Gasteiger partial charge < -0.3 is 5.32 Å². The summed E-state index contributed by atoms with van der Waals surface area (Å²) in [5.41, 5.74) is -0.136. The Hall–Kier alpha value is 0.160. The summed E-state index contributed by atoms with van der Waals surface area (Å²) in [7, 11) is -3.33. The van der Waals surface area contributed by atoms with Crippen LogP contribution in [0.3, 0.4) is 0 Å². The van der Waals surface area contributed by atoms with E-state index in [1.54, 1.807) is 0 Å². The van der Waals surface area contributed by atoms with Crippen LogP contribution in [0.25, 0.3) is 0 Å². The Kier molecular flexibility index (Phi) is 3.95. The largest absolute Gasteiger partial charge is 0.307 e. The number of hydrogen-bond acceptors (Lipinski definition) is 3. The van der Waals surface area contributed by atoms with Crippen molar-refractivity contribution in [2.75, 3.05) is 5.21 Å². The molecule has 0 aromatic rings. The first-order valence-electron chi connectivity index (χ1n) is 5.41. The normalized spacial score (nSPS) is 25.6. The molecule has 1 saturated heterocycles. The van der Waals surface area contributed by atoms with Crippen LogP contribution in [0.5, 0.6) is 0 Å². The third-order valence-corrected chi connectivity index (χ3v) is 4.52. The van der Waals surface area contributed by atoms with Gasteiger partial charge in [0.2, 0.25) is 10.0 Å². The monoisotopic (exact) mass is 268 g/mol. The van der Waals surface area contributed by atoms with Crippen LogP contribution in [0.15, 0.2) is 0 Å². The Morgan fingerprint density at radius 1 is 1.25 bits per heavy atom. The summed E-state index contributed by atoms with van der Waals surface area (Å²) in [5, 5.41) is 3.12. The summed E-state index contributed by atoms with van der Waals surface area (Å²) in [4.78, 5) is 0. The summed E-state index contributed by atoms with van der Waals surface area (Å²) < 4.78 is 25.5. The maximum Gasteiger partial charge on any atom is 0.225 e. The average Bonchev–Trinajstić information content (AvgIpc) is 1.96. The fourth-order valence-electron chi connectivity index (χ4n) is 2.69. The zero-order chi connectivity index (χ0) is 12.6. The van der Waals surface area contributed by atoms with Gasteiger partial charge in [-0.2, -0.15) is 0 Å². The van der Waals surface area contributed by atoms with Crippen LogP contribution < -0.4 is 10.0 Å². The molecule has 2 N–H and O–H groups in total. The lowest BCUT2D eigenvalue weighted by Crippen LogP contribution is -2.62. The van der Waals surface area contributed by atoms with Gasteiger partial charge in [0, 0.05) is 17.1 Å². The minimum atomic E-state index is -3.33. The first-order valence-corrected chi connectivity index (χ1v) is 7.59. The number of hydrogen-bond donors (Lipinski definition) is 2. The molecule has 0 spiro atoms. The Bertz CT molecular complexity index is 336. The van der Waals surface area contributed by atoms with Crippen LogP contribution in [0, 0.1) is 0 Å². The molecule has 4 nitrogen and oxygen atoms in total. The van der Waals surface area contributed by atoms with Gasteiger partial charge >= 0.3 is 0 Å². The van der Waals surface area contributed by atoms with Gasteiger partial charge in [-0.1, -0.05) is 0 Å². The number of alkyl halides is 1. The highest BCUT2D eigenvalue weighted by Gasteiger charge is 2.38. The minimum Gasteiger partial charge on any atom is -0.307 e. The molecule has 0 aliphatic carbocycles. The van der Waals surface area contributed by atoms with Crippen LogP contribution in [0.1, 0.15) is 40.5 Å². The van der Waals surface area contributed by atoms with E-state index in [1.807, 2.05) is 0 Å². The van der Waals surface area contributed by atoms with Gasteiger partial charge in [-0.25, -0.2) is 13.1 Å². The molecular formula is C10H21ClN2O2S. The first-order chi connectivity index (χ1) is 7.05. The third kappa shape index (κ3) is 4.20. The molecule has 1 fully saturated rings. The van der Waals surface area contributed by atoms with Crippen molar-refractivity contribution in [2.24, 2.45) is 0 Å². The van der Waals surface area contributed by atoms with Crippen molar-refractivity contribution < 1.29 is 8.42 Å². The lowest BCUT2D eigenvalue weighted by atomic mass is 9.80. The molecule has 0 unspecified atom stereocenters. The van der Waals surface area contributed by atoms with Gasteiger partial charge in [-0.05, 0) is 40.5 Å². The van der Waals surface area contributed by atoms with Crippen molar-refractivity contribution in [3.63, 3.8) is 0 Å². The van der Waals surface area contributed by atoms with Crippen molar-refractivity contribution in [3.05, 3.63) is 0 Å². The van der Waals surface area contributed by atoms with Gasteiger partial charge in [-0.3, -0.25) is 0 Å². The van der Waals surface area contributed by atoms with E-state index in [2.05, 4.69) is 37.7 Å². The quantitative estimate of drug-likeness (QED) is 0.761. The van der Waals surface area contributed by atoms with E-state index in [9.17, 15) is 8.42 Å². The van der Waals surface area contributed by atoms with Gasteiger partial charge in [0.25, 0.3) is 0 Å². The number of nitrogens with one attached hydrogen (secondary N) is 2. The fraction of sp³-hybridized carbons (Fsp3) is 1.00. The molecule has 6 heteroatoms. The maximum atomic E-state index is 11.4. The zero-order valence-corrected chi connectivity index (χ0v) is 11.9. The molecule has 0 bridgehead atoms. The van der Waals surface area contributed by atoms with Crippen LogP contribution >= 0.6 is 11.6 Å². The molecule has 0 saturated carbocycles. The van der Waals surface area contributed by atoms with E-state index < -0.39 is 10.0 Å². The molecule has 16 heavy (non-hydrogen) atoms. The SMILES string of the molecule is CC1(C)CC(NS(=O)(=O)CCl)CC(C)(C)N1. The second-order valence-electron chi connectivity index (χ2n) is 5.84. The smallest absolute Gasteiger partial charge is 0.225 e. The van der Waals surface area contributed by atoms with Crippen molar-refractivity contribution in [2.45, 2.75) is 57.7 Å². The summed E-state index contributed by atoms with van der Waals surface area (Å²) >= 11 is 5.39. The molecule has 0 aromatic heterocycles. The predicted molar refractivity (Wildman–Crippen MR) is 67.1 cm³/mol. The summed E-state index contributed by atoms with van der Waals surface area (Å²) in [6.07, 6.45) is 1.54. The molecule has 0 radical (unpaired) electrons. The van der Waals surface area contributed by atoms with E-state index in [0.29, 0.717) is 0 Å². The van der Waals surface area contributed by atoms with E-state index >= 15 is 0 Å². The van der Waals surface area contributed by atoms with Crippen LogP contribution in [0.2, 0.25) is 0 Å². The van der Waals surface area contributed by atoms with Gasteiger partial charge in [0.1, 0.15) is 5.21 Å². The van der Waals surface area contributed by atoms with Gasteiger partial charge in [0.05, 0.1) is 0 Å². The summed E-state index contributed by atoms with van der Waals surface area (Å²) in [6.45, 7) is 8.32. The second-order valence-corrected chi connectivity index (χ2v) is 8.18. The van der Waals surface area contributed by atoms with Crippen molar-refractivity contribution in [1.29, 1.82) is 0 Å². The van der Waals surface area contributed by atoms with Gasteiger partial charge in [-0.15, -0.1) is 11.6 Å². The first kappa shape index (κ1) is 14.2. The molecule has 1 rings (SSSR count). The number of halogens is 1. The van der Waals surface area contributed by atoms with Crippen molar-refractivity contribution >= 4 is 21.6 Å². The molecule has 1 heterocycles. The Balaban J connectivity index is 2.76. The number of rotatable bonds is 3. The molecule has 96 valence electrons. The number of sulfonamides is 1. The lowest BCUT2D eigenvalue weighted by molar-refractivity contribution is 0.157. The Morgan fingerprint density at radius 3 is 2.06 bits per heavy atom. The van der Waals surface area contributed by atoms with E-state index in [0.717, 1.165) is 12.8 Å².